The first-order valence-electron chi connectivity index (χ1n) is 8.76. The van der Waals surface area contributed by atoms with Crippen molar-refractivity contribution < 1.29 is 23.8 Å². The summed E-state index contributed by atoms with van der Waals surface area (Å²) in [5, 5.41) is 2.78. The Hall–Kier alpha value is -2.48. The Morgan fingerprint density at radius 2 is 2.00 bits per heavy atom. The molecule has 1 heterocycles. The Balaban J connectivity index is 2.75. The predicted molar refractivity (Wildman–Crippen MR) is 107 cm³/mol. The molecule has 0 spiro atoms. The van der Waals surface area contributed by atoms with Crippen LogP contribution in [0, 0.1) is 0 Å². The lowest BCUT2D eigenvalue weighted by Crippen LogP contribution is -2.33. The number of halogens is 1. The number of ketones is 1. The van der Waals surface area contributed by atoms with Gasteiger partial charge < -0.3 is 24.4 Å². The van der Waals surface area contributed by atoms with Gasteiger partial charge in [-0.1, -0.05) is 11.6 Å². The molecule has 0 saturated carbocycles. The van der Waals surface area contributed by atoms with E-state index in [9.17, 15) is 9.59 Å². The number of pyridine rings is 1. The van der Waals surface area contributed by atoms with Gasteiger partial charge in [0.05, 0.1) is 13.7 Å². The summed E-state index contributed by atoms with van der Waals surface area (Å²) in [6.07, 6.45) is 2.99. The number of rotatable bonds is 9. The normalized spacial score (nSPS) is 11.2. The van der Waals surface area contributed by atoms with Crippen LogP contribution in [0.1, 0.15) is 37.6 Å². The van der Waals surface area contributed by atoms with Crippen LogP contribution in [-0.2, 0) is 4.74 Å². The van der Waals surface area contributed by atoms with E-state index in [2.05, 4.69) is 10.3 Å². The SMILES string of the molecule is COc1cc(Cl)nc(OCCCNC(=O)OC(C)(C)C)c1C(=O)/C=C/N(C)C. The van der Waals surface area contributed by atoms with Crippen LogP contribution in [0.3, 0.4) is 0 Å². The highest BCUT2D eigenvalue weighted by molar-refractivity contribution is 6.29. The number of hydrogen-bond acceptors (Lipinski definition) is 7. The van der Waals surface area contributed by atoms with Crippen molar-refractivity contribution in [3.05, 3.63) is 29.1 Å². The van der Waals surface area contributed by atoms with Crippen molar-refractivity contribution in [1.29, 1.82) is 0 Å². The molecule has 156 valence electrons. The summed E-state index contributed by atoms with van der Waals surface area (Å²) in [7, 11) is 5.04. The molecular weight excluding hydrogens is 386 g/mol. The van der Waals surface area contributed by atoms with Crippen LogP contribution in [0.4, 0.5) is 4.79 Å². The molecule has 0 atom stereocenters. The second-order valence-electron chi connectivity index (χ2n) is 7.10. The van der Waals surface area contributed by atoms with E-state index in [0.29, 0.717) is 13.0 Å². The molecular formula is C19H28ClN3O5. The fraction of sp³-hybridized carbons (Fsp3) is 0.526. The summed E-state index contributed by atoms with van der Waals surface area (Å²) in [5.74, 6) is 0.0295. The minimum atomic E-state index is -0.558. The molecule has 1 rings (SSSR count). The van der Waals surface area contributed by atoms with E-state index in [-0.39, 0.29) is 34.7 Å². The van der Waals surface area contributed by atoms with E-state index in [1.807, 2.05) is 0 Å². The highest BCUT2D eigenvalue weighted by Gasteiger charge is 2.20. The summed E-state index contributed by atoms with van der Waals surface area (Å²) in [5.41, 5.74) is -0.373. The molecule has 1 amide bonds. The van der Waals surface area contributed by atoms with Crippen molar-refractivity contribution in [2.45, 2.75) is 32.8 Å². The molecule has 0 unspecified atom stereocenters. The summed E-state index contributed by atoms with van der Waals surface area (Å²) in [6, 6.07) is 1.45. The Bertz CT molecular complexity index is 714. The first-order valence-corrected chi connectivity index (χ1v) is 9.14. The summed E-state index contributed by atoms with van der Waals surface area (Å²) in [6.45, 7) is 5.92. The summed E-state index contributed by atoms with van der Waals surface area (Å²) < 4.78 is 16.0. The molecule has 0 aliphatic carbocycles. The van der Waals surface area contributed by atoms with Crippen LogP contribution in [0.2, 0.25) is 5.15 Å². The van der Waals surface area contributed by atoms with Gasteiger partial charge in [0.15, 0.2) is 5.78 Å². The van der Waals surface area contributed by atoms with E-state index in [0.717, 1.165) is 0 Å². The number of aromatic nitrogens is 1. The van der Waals surface area contributed by atoms with E-state index in [1.165, 1.54) is 19.3 Å². The van der Waals surface area contributed by atoms with Crippen LogP contribution >= 0.6 is 11.6 Å². The summed E-state index contributed by atoms with van der Waals surface area (Å²) in [4.78, 5) is 30.0. The number of allylic oxidation sites excluding steroid dienone is 1. The average Bonchev–Trinajstić information content (AvgIpc) is 2.57. The van der Waals surface area contributed by atoms with Gasteiger partial charge in [-0.25, -0.2) is 9.78 Å². The van der Waals surface area contributed by atoms with Crippen molar-refractivity contribution in [1.82, 2.24) is 15.2 Å². The first kappa shape index (κ1) is 23.6. The Morgan fingerprint density at radius 3 is 2.57 bits per heavy atom. The number of nitrogens with one attached hydrogen (secondary N) is 1. The molecule has 1 N–H and O–H groups in total. The van der Waals surface area contributed by atoms with Crippen molar-refractivity contribution >= 4 is 23.5 Å². The van der Waals surface area contributed by atoms with Crippen LogP contribution in [0.5, 0.6) is 11.6 Å². The van der Waals surface area contributed by atoms with Crippen molar-refractivity contribution in [3.63, 3.8) is 0 Å². The van der Waals surface area contributed by atoms with Crippen LogP contribution in [0.25, 0.3) is 0 Å². The largest absolute Gasteiger partial charge is 0.496 e. The van der Waals surface area contributed by atoms with Crippen LogP contribution in [0.15, 0.2) is 18.3 Å². The monoisotopic (exact) mass is 413 g/mol. The third kappa shape index (κ3) is 8.47. The van der Waals surface area contributed by atoms with Gasteiger partial charge in [-0.05, 0) is 27.2 Å². The number of ether oxygens (including phenoxy) is 3. The quantitative estimate of drug-likeness (QED) is 0.287. The molecule has 9 heteroatoms. The molecule has 0 radical (unpaired) electrons. The second kappa shape index (κ2) is 10.8. The fourth-order valence-electron chi connectivity index (χ4n) is 2.01. The van der Waals surface area contributed by atoms with Crippen molar-refractivity contribution in [3.8, 4) is 11.6 Å². The number of nitrogens with zero attached hydrogens (tertiary/aromatic N) is 2. The fourth-order valence-corrected chi connectivity index (χ4v) is 2.18. The van der Waals surface area contributed by atoms with Crippen molar-refractivity contribution in [2.24, 2.45) is 0 Å². The molecule has 8 nitrogen and oxygen atoms in total. The van der Waals surface area contributed by atoms with Gasteiger partial charge in [0.2, 0.25) is 5.88 Å². The lowest BCUT2D eigenvalue weighted by molar-refractivity contribution is 0.0525. The highest BCUT2D eigenvalue weighted by atomic mass is 35.5. The topological polar surface area (TPSA) is 90.0 Å². The molecule has 0 aromatic carbocycles. The van der Waals surface area contributed by atoms with E-state index < -0.39 is 11.7 Å². The van der Waals surface area contributed by atoms with Crippen LogP contribution < -0.4 is 14.8 Å². The maximum absolute atomic E-state index is 12.5. The van der Waals surface area contributed by atoms with Gasteiger partial charge in [0.1, 0.15) is 22.1 Å². The van der Waals surface area contributed by atoms with Gasteiger partial charge in [-0.3, -0.25) is 4.79 Å². The van der Waals surface area contributed by atoms with Gasteiger partial charge in [-0.15, -0.1) is 0 Å². The molecule has 1 aromatic heterocycles. The third-order valence-electron chi connectivity index (χ3n) is 3.14. The summed E-state index contributed by atoms with van der Waals surface area (Å²) >= 11 is 5.99. The van der Waals surface area contributed by atoms with Gasteiger partial charge in [0.25, 0.3) is 0 Å². The Kier molecular flexibility index (Phi) is 9.05. The molecule has 0 fully saturated rings. The number of carbonyl (C=O) groups is 2. The van der Waals surface area contributed by atoms with Gasteiger partial charge in [0, 0.05) is 39.0 Å². The predicted octanol–water partition coefficient (Wildman–Crippen LogP) is 3.30. The number of methoxy groups -OCH3 is 1. The standard InChI is InChI=1S/C19H28ClN3O5/c1-19(2,3)28-18(25)21-9-7-11-27-17-16(13(24)8-10-23(4)5)14(26-6)12-15(20)22-17/h8,10,12H,7,9,11H2,1-6H3,(H,21,25)/b10-8+. The smallest absolute Gasteiger partial charge is 0.407 e. The zero-order valence-corrected chi connectivity index (χ0v) is 17.9. The number of hydrogen-bond donors (Lipinski definition) is 1. The maximum Gasteiger partial charge on any atom is 0.407 e. The van der Waals surface area contributed by atoms with E-state index in [1.54, 1.807) is 46.0 Å². The Labute approximate surface area is 170 Å². The lowest BCUT2D eigenvalue weighted by Gasteiger charge is -2.19. The first-order chi connectivity index (χ1) is 13.0. The molecule has 0 saturated heterocycles. The van der Waals surface area contributed by atoms with E-state index >= 15 is 0 Å². The Morgan fingerprint density at radius 1 is 1.32 bits per heavy atom. The third-order valence-corrected chi connectivity index (χ3v) is 3.33. The van der Waals surface area contributed by atoms with Crippen LogP contribution in [-0.4, -0.2) is 61.7 Å². The zero-order valence-electron chi connectivity index (χ0n) is 17.2. The van der Waals surface area contributed by atoms with E-state index in [4.69, 9.17) is 25.8 Å². The molecule has 0 aliphatic heterocycles. The number of carbonyl (C=O) groups excluding carboxylic acids is 2. The average molecular weight is 414 g/mol. The molecule has 0 bridgehead atoms. The minimum absolute atomic E-state index is 0.0787. The van der Waals surface area contributed by atoms with Gasteiger partial charge >= 0.3 is 6.09 Å². The second-order valence-corrected chi connectivity index (χ2v) is 7.49. The minimum Gasteiger partial charge on any atom is -0.496 e. The number of alkyl carbamates (subject to hydrolysis) is 1. The maximum atomic E-state index is 12.5. The molecule has 28 heavy (non-hydrogen) atoms. The highest BCUT2D eigenvalue weighted by Crippen LogP contribution is 2.30. The van der Waals surface area contributed by atoms with Crippen molar-refractivity contribution in [2.75, 3.05) is 34.4 Å². The number of amides is 1. The zero-order chi connectivity index (χ0) is 21.3. The molecule has 0 aliphatic rings. The van der Waals surface area contributed by atoms with Gasteiger partial charge in [-0.2, -0.15) is 0 Å². The lowest BCUT2D eigenvalue weighted by atomic mass is 10.1. The molecule has 1 aromatic rings.